The van der Waals surface area contributed by atoms with Gasteiger partial charge in [-0.15, -0.1) is 0 Å². The number of rotatable bonds is 1. The number of benzene rings is 2. The molecule has 0 atom stereocenters. The molecule has 3 rings (SSSR count). The second-order valence-corrected chi connectivity index (χ2v) is 4.32. The quantitative estimate of drug-likeness (QED) is 0.660. The molecule has 0 bridgehead atoms. The smallest absolute Gasteiger partial charge is 0.338 e. The van der Waals surface area contributed by atoms with Gasteiger partial charge in [-0.3, -0.25) is 0 Å². The minimum Gasteiger partial charge on any atom is -0.478 e. The normalized spacial score (nSPS) is 10.9. The fourth-order valence-corrected chi connectivity index (χ4v) is 2.21. The van der Waals surface area contributed by atoms with Crippen molar-refractivity contribution >= 4 is 27.8 Å². The topological polar surface area (TPSA) is 50.2 Å². The third kappa shape index (κ3) is 1.52. The highest BCUT2D eigenvalue weighted by atomic mass is 16.4. The second kappa shape index (κ2) is 3.81. The highest BCUT2D eigenvalue weighted by Gasteiger charge is 2.13. The van der Waals surface area contributed by atoms with Gasteiger partial charge >= 0.3 is 5.97 Å². The van der Waals surface area contributed by atoms with Gasteiger partial charge in [-0.25, -0.2) is 9.78 Å². The average molecular weight is 237 g/mol. The van der Waals surface area contributed by atoms with Crippen LogP contribution in [-0.2, 0) is 0 Å². The van der Waals surface area contributed by atoms with Crippen LogP contribution in [0.1, 0.15) is 15.9 Å². The van der Waals surface area contributed by atoms with E-state index in [0.717, 1.165) is 21.9 Å². The fraction of sp³-hybridized carbons (Fsp3) is 0.0667. The molecule has 0 saturated carbocycles. The number of fused-ring (bicyclic) bond motifs is 2. The van der Waals surface area contributed by atoms with Crippen LogP contribution in [0.15, 0.2) is 42.5 Å². The molecule has 0 radical (unpaired) electrons. The summed E-state index contributed by atoms with van der Waals surface area (Å²) in [6, 6.07) is 13.4. The van der Waals surface area contributed by atoms with E-state index in [1.54, 1.807) is 6.92 Å². The number of carboxylic acids is 1. The number of carbonyl (C=O) groups is 1. The molecular weight excluding hydrogens is 226 g/mol. The van der Waals surface area contributed by atoms with Crippen molar-refractivity contribution < 1.29 is 9.90 Å². The van der Waals surface area contributed by atoms with Crippen LogP contribution < -0.4 is 0 Å². The summed E-state index contributed by atoms with van der Waals surface area (Å²) in [7, 11) is 0. The summed E-state index contributed by atoms with van der Waals surface area (Å²) in [5.41, 5.74) is 2.40. The molecule has 0 aliphatic heterocycles. The fourth-order valence-electron chi connectivity index (χ4n) is 2.21. The van der Waals surface area contributed by atoms with Crippen molar-refractivity contribution in [2.45, 2.75) is 6.92 Å². The van der Waals surface area contributed by atoms with Gasteiger partial charge in [0.05, 0.1) is 16.6 Å². The van der Waals surface area contributed by atoms with E-state index in [2.05, 4.69) is 4.98 Å². The minimum absolute atomic E-state index is 0.290. The summed E-state index contributed by atoms with van der Waals surface area (Å²) in [6.07, 6.45) is 0. The first-order valence-corrected chi connectivity index (χ1v) is 5.69. The van der Waals surface area contributed by atoms with Gasteiger partial charge in [-0.1, -0.05) is 30.3 Å². The zero-order valence-electron chi connectivity index (χ0n) is 9.84. The van der Waals surface area contributed by atoms with Crippen molar-refractivity contribution in [2.75, 3.05) is 0 Å². The molecule has 1 heterocycles. The van der Waals surface area contributed by atoms with E-state index in [-0.39, 0.29) is 0 Å². The van der Waals surface area contributed by atoms with Crippen LogP contribution in [0.3, 0.4) is 0 Å². The standard InChI is InChI=1S/C15H11NO2/c1-9-6-7-11-8-10-4-2-3-5-12(10)16-14(11)13(9)15(17)18/h2-8H,1H3,(H,17,18). The maximum Gasteiger partial charge on any atom is 0.338 e. The van der Waals surface area contributed by atoms with Crippen LogP contribution in [-0.4, -0.2) is 16.1 Å². The average Bonchev–Trinajstić information content (AvgIpc) is 2.36. The number of aromatic nitrogens is 1. The number of hydrogen-bond donors (Lipinski definition) is 1. The minimum atomic E-state index is -0.930. The number of aromatic carboxylic acids is 1. The molecule has 18 heavy (non-hydrogen) atoms. The number of para-hydroxylation sites is 1. The Balaban J connectivity index is 2.50. The number of hydrogen-bond acceptors (Lipinski definition) is 2. The van der Waals surface area contributed by atoms with Crippen molar-refractivity contribution in [3.63, 3.8) is 0 Å². The molecule has 0 fully saturated rings. The molecule has 2 aromatic carbocycles. The summed E-state index contributed by atoms with van der Waals surface area (Å²) in [5.74, 6) is -0.930. The molecule has 0 spiro atoms. The molecule has 0 aliphatic carbocycles. The van der Waals surface area contributed by atoms with Crippen molar-refractivity contribution in [3.05, 3.63) is 53.6 Å². The Kier molecular flexibility index (Phi) is 2.27. The third-order valence-electron chi connectivity index (χ3n) is 3.11. The largest absolute Gasteiger partial charge is 0.478 e. The molecule has 3 nitrogen and oxygen atoms in total. The zero-order valence-corrected chi connectivity index (χ0v) is 9.84. The van der Waals surface area contributed by atoms with E-state index in [9.17, 15) is 9.90 Å². The first kappa shape index (κ1) is 10.7. The second-order valence-electron chi connectivity index (χ2n) is 4.32. The first-order chi connectivity index (χ1) is 8.66. The Bertz CT molecular complexity index is 778. The molecule has 0 aliphatic rings. The number of pyridine rings is 1. The molecular formula is C15H11NO2. The van der Waals surface area contributed by atoms with Crippen molar-refractivity contribution in [1.82, 2.24) is 4.98 Å². The van der Waals surface area contributed by atoms with Crippen LogP contribution in [0.5, 0.6) is 0 Å². The summed E-state index contributed by atoms with van der Waals surface area (Å²) < 4.78 is 0. The van der Waals surface area contributed by atoms with Gasteiger partial charge in [0.25, 0.3) is 0 Å². The summed E-state index contributed by atoms with van der Waals surface area (Å²) in [4.78, 5) is 15.8. The number of carboxylic acid groups (broad SMARTS) is 1. The Labute approximate surface area is 104 Å². The predicted octanol–water partition coefficient (Wildman–Crippen LogP) is 3.39. The lowest BCUT2D eigenvalue weighted by Crippen LogP contribution is -2.02. The zero-order chi connectivity index (χ0) is 12.7. The monoisotopic (exact) mass is 237 g/mol. The van der Waals surface area contributed by atoms with Crippen LogP contribution in [0.2, 0.25) is 0 Å². The summed E-state index contributed by atoms with van der Waals surface area (Å²) in [5, 5.41) is 11.2. The van der Waals surface area contributed by atoms with Gasteiger partial charge in [0.1, 0.15) is 0 Å². The molecule has 0 unspecified atom stereocenters. The van der Waals surface area contributed by atoms with Crippen molar-refractivity contribution in [1.29, 1.82) is 0 Å². The van der Waals surface area contributed by atoms with Crippen LogP contribution in [0.4, 0.5) is 0 Å². The Hall–Kier alpha value is -2.42. The molecule has 3 heteroatoms. The Morgan fingerprint density at radius 1 is 1.11 bits per heavy atom. The summed E-state index contributed by atoms with van der Waals surface area (Å²) in [6.45, 7) is 1.79. The SMILES string of the molecule is Cc1ccc2cc3ccccc3nc2c1C(=O)O. The summed E-state index contributed by atoms with van der Waals surface area (Å²) >= 11 is 0. The first-order valence-electron chi connectivity index (χ1n) is 5.69. The van der Waals surface area contributed by atoms with Gasteiger partial charge in [-0.05, 0) is 24.6 Å². The lowest BCUT2D eigenvalue weighted by atomic mass is 10.0. The Morgan fingerprint density at radius 3 is 2.67 bits per heavy atom. The highest BCUT2D eigenvalue weighted by molar-refractivity contribution is 6.06. The van der Waals surface area contributed by atoms with E-state index in [4.69, 9.17) is 0 Å². The highest BCUT2D eigenvalue weighted by Crippen LogP contribution is 2.24. The Morgan fingerprint density at radius 2 is 1.89 bits per heavy atom. The van der Waals surface area contributed by atoms with E-state index >= 15 is 0 Å². The molecule has 1 aromatic heterocycles. The van der Waals surface area contributed by atoms with Crippen LogP contribution in [0, 0.1) is 6.92 Å². The maximum atomic E-state index is 11.3. The molecule has 1 N–H and O–H groups in total. The van der Waals surface area contributed by atoms with E-state index < -0.39 is 5.97 Å². The number of nitrogens with zero attached hydrogens (tertiary/aromatic N) is 1. The van der Waals surface area contributed by atoms with E-state index in [0.29, 0.717) is 11.1 Å². The van der Waals surface area contributed by atoms with Crippen molar-refractivity contribution in [3.8, 4) is 0 Å². The van der Waals surface area contributed by atoms with Crippen molar-refractivity contribution in [2.24, 2.45) is 0 Å². The molecule has 0 amide bonds. The van der Waals surface area contributed by atoms with Crippen LogP contribution in [0.25, 0.3) is 21.8 Å². The number of aryl methyl sites for hydroxylation is 1. The van der Waals surface area contributed by atoms with Gasteiger partial charge < -0.3 is 5.11 Å². The molecule has 3 aromatic rings. The van der Waals surface area contributed by atoms with Gasteiger partial charge in [0.15, 0.2) is 0 Å². The van der Waals surface area contributed by atoms with E-state index in [1.165, 1.54) is 0 Å². The molecule has 88 valence electrons. The maximum absolute atomic E-state index is 11.3. The third-order valence-corrected chi connectivity index (χ3v) is 3.11. The van der Waals surface area contributed by atoms with Gasteiger partial charge in [0.2, 0.25) is 0 Å². The predicted molar refractivity (Wildman–Crippen MR) is 70.9 cm³/mol. The van der Waals surface area contributed by atoms with Gasteiger partial charge in [0, 0.05) is 10.8 Å². The lowest BCUT2D eigenvalue weighted by Gasteiger charge is -2.07. The van der Waals surface area contributed by atoms with Crippen LogP contribution >= 0.6 is 0 Å². The van der Waals surface area contributed by atoms with E-state index in [1.807, 2.05) is 42.5 Å². The lowest BCUT2D eigenvalue weighted by molar-refractivity contribution is 0.0698. The van der Waals surface area contributed by atoms with Gasteiger partial charge in [-0.2, -0.15) is 0 Å². The molecule has 0 saturated heterocycles.